The molecule has 0 saturated carbocycles. The van der Waals surface area contributed by atoms with Gasteiger partial charge in [0.15, 0.2) is 0 Å². The average Bonchev–Trinajstić information content (AvgIpc) is 3.24. The largest absolute Gasteiger partial charge is 0.489 e. The van der Waals surface area contributed by atoms with Gasteiger partial charge in [0.1, 0.15) is 12.4 Å². The number of fused-ring (bicyclic) bond motifs is 1. The van der Waals surface area contributed by atoms with Gasteiger partial charge in [-0.1, -0.05) is 35.9 Å². The van der Waals surface area contributed by atoms with Gasteiger partial charge in [-0.25, -0.2) is 12.7 Å². The van der Waals surface area contributed by atoms with Crippen molar-refractivity contribution in [2.45, 2.75) is 17.9 Å². The second-order valence-corrected chi connectivity index (χ2v) is 10.7. The van der Waals surface area contributed by atoms with Crippen molar-refractivity contribution < 1.29 is 22.8 Å². The molecule has 3 aromatic rings. The summed E-state index contributed by atoms with van der Waals surface area (Å²) in [4.78, 5) is 12.9. The zero-order chi connectivity index (χ0) is 26.0. The van der Waals surface area contributed by atoms with Crippen molar-refractivity contribution >= 4 is 21.4 Å². The topological polar surface area (TPSA) is 102 Å². The number of nitro groups is 1. The number of hydrogen-bond donors (Lipinski definition) is 0. The normalized spacial score (nSPS) is 19.1. The molecule has 0 bridgehead atoms. The van der Waals surface area contributed by atoms with Crippen molar-refractivity contribution in [1.29, 1.82) is 0 Å². The summed E-state index contributed by atoms with van der Waals surface area (Å²) in [6.45, 7) is 4.46. The first-order chi connectivity index (χ1) is 17.9. The third-order valence-electron chi connectivity index (χ3n) is 6.52. The highest BCUT2D eigenvalue weighted by Gasteiger charge is 2.43. The van der Waals surface area contributed by atoms with E-state index in [0.717, 1.165) is 11.1 Å². The van der Waals surface area contributed by atoms with Crippen molar-refractivity contribution in [2.75, 3.05) is 37.2 Å². The van der Waals surface area contributed by atoms with Crippen molar-refractivity contribution in [1.82, 2.24) is 4.90 Å². The number of morpholine rings is 1. The molecule has 5 rings (SSSR count). The summed E-state index contributed by atoms with van der Waals surface area (Å²) in [6.07, 6.45) is 1.79. The lowest BCUT2D eigenvalue weighted by molar-refractivity contribution is -0.384. The molecule has 2 aliphatic rings. The van der Waals surface area contributed by atoms with Crippen LogP contribution in [-0.4, -0.2) is 51.2 Å². The maximum atomic E-state index is 14.0. The van der Waals surface area contributed by atoms with E-state index in [2.05, 4.69) is 4.90 Å². The van der Waals surface area contributed by atoms with E-state index in [9.17, 15) is 18.5 Å². The van der Waals surface area contributed by atoms with Gasteiger partial charge in [-0.15, -0.1) is 0 Å². The van der Waals surface area contributed by atoms with E-state index in [1.165, 1.54) is 28.6 Å². The third-order valence-corrected chi connectivity index (χ3v) is 8.28. The highest BCUT2D eigenvalue weighted by atomic mass is 32.2. The van der Waals surface area contributed by atoms with Gasteiger partial charge >= 0.3 is 0 Å². The summed E-state index contributed by atoms with van der Waals surface area (Å²) < 4.78 is 40.9. The Bertz CT molecular complexity index is 1420. The van der Waals surface area contributed by atoms with Gasteiger partial charge in [-0.05, 0) is 43.3 Å². The molecule has 1 unspecified atom stereocenters. The number of benzene rings is 3. The van der Waals surface area contributed by atoms with Crippen LogP contribution in [0.15, 0.2) is 89.5 Å². The number of non-ortho nitro benzene ring substituents is 1. The van der Waals surface area contributed by atoms with Crippen LogP contribution in [0, 0.1) is 17.0 Å². The number of sulfonamides is 1. The number of rotatable bonds is 7. The first-order valence-corrected chi connectivity index (χ1v) is 13.4. The van der Waals surface area contributed by atoms with Crippen LogP contribution in [-0.2, 0) is 14.8 Å². The fraction of sp³-hybridized carbons (Fsp3) is 0.259. The summed E-state index contributed by atoms with van der Waals surface area (Å²) in [7, 11) is -3.92. The van der Waals surface area contributed by atoms with Gasteiger partial charge in [-0.3, -0.25) is 15.0 Å². The van der Waals surface area contributed by atoms with Crippen LogP contribution in [0.5, 0.6) is 5.75 Å². The van der Waals surface area contributed by atoms with E-state index in [1.54, 1.807) is 30.3 Å². The molecular formula is C27H27N3O6S. The molecule has 3 aromatic carbocycles. The quantitative estimate of drug-likeness (QED) is 0.334. The summed E-state index contributed by atoms with van der Waals surface area (Å²) in [5.74, 6) is 0.453. The second-order valence-electron chi connectivity index (χ2n) is 8.88. The van der Waals surface area contributed by atoms with Crippen LogP contribution >= 0.6 is 0 Å². The van der Waals surface area contributed by atoms with Crippen LogP contribution in [0.4, 0.5) is 11.4 Å². The van der Waals surface area contributed by atoms with E-state index in [0.29, 0.717) is 43.4 Å². The van der Waals surface area contributed by atoms with E-state index < -0.39 is 14.9 Å². The fourth-order valence-electron chi connectivity index (χ4n) is 4.70. The van der Waals surface area contributed by atoms with Gasteiger partial charge in [0.2, 0.25) is 0 Å². The first kappa shape index (κ1) is 24.9. The Labute approximate surface area is 215 Å². The molecule has 0 radical (unpaired) electrons. The number of anilines is 1. The molecule has 1 saturated heterocycles. The Hall–Kier alpha value is -3.73. The van der Waals surface area contributed by atoms with Crippen molar-refractivity contribution in [3.8, 4) is 5.75 Å². The molecule has 2 heterocycles. The number of nitro benzene ring substituents is 1. The van der Waals surface area contributed by atoms with Crippen LogP contribution < -0.4 is 9.04 Å². The number of hydrogen-bond acceptors (Lipinski definition) is 7. The zero-order valence-corrected chi connectivity index (χ0v) is 21.1. The molecule has 0 spiro atoms. The maximum absolute atomic E-state index is 14.0. The SMILES string of the molecule is Cc1ccc(S(=O)(=O)N2C(=CCOc3ccc([N+](=O)[O-])cc3)C(N3CCOCC3)c3ccccc32)cc1. The highest BCUT2D eigenvalue weighted by molar-refractivity contribution is 7.93. The third kappa shape index (κ3) is 4.95. The highest BCUT2D eigenvalue weighted by Crippen LogP contribution is 2.48. The molecule has 10 heteroatoms. The van der Waals surface area contributed by atoms with Crippen LogP contribution in [0.1, 0.15) is 17.2 Å². The lowest BCUT2D eigenvalue weighted by Gasteiger charge is -2.34. The van der Waals surface area contributed by atoms with Gasteiger partial charge < -0.3 is 9.47 Å². The van der Waals surface area contributed by atoms with E-state index in [1.807, 2.05) is 31.2 Å². The Kier molecular flexibility index (Phi) is 6.96. The van der Waals surface area contributed by atoms with E-state index >= 15 is 0 Å². The van der Waals surface area contributed by atoms with Crippen molar-refractivity contribution in [2.24, 2.45) is 0 Å². The van der Waals surface area contributed by atoms with E-state index in [4.69, 9.17) is 9.47 Å². The average molecular weight is 522 g/mol. The molecule has 1 atom stereocenters. The Morgan fingerprint density at radius 3 is 2.38 bits per heavy atom. The lowest BCUT2D eigenvalue weighted by atomic mass is 10.0. The fourth-order valence-corrected chi connectivity index (χ4v) is 6.27. The molecule has 0 aliphatic carbocycles. The number of para-hydroxylation sites is 1. The number of nitrogens with zero attached hydrogens (tertiary/aromatic N) is 3. The summed E-state index contributed by atoms with van der Waals surface area (Å²) in [6, 6.07) is 19.9. The van der Waals surface area contributed by atoms with Crippen LogP contribution in [0.3, 0.4) is 0 Å². The minimum absolute atomic E-state index is 0.0281. The predicted molar refractivity (Wildman–Crippen MR) is 139 cm³/mol. The molecule has 0 amide bonds. The number of aryl methyl sites for hydroxylation is 1. The standard InChI is InChI=1S/C27H27N3O6S/c1-20-6-12-23(13-7-20)37(33,34)29-25-5-3-2-4-24(25)27(28-15-18-35-19-16-28)26(29)14-17-36-22-10-8-21(9-11-22)30(31)32/h2-14,27H,15-19H2,1H3. The summed E-state index contributed by atoms with van der Waals surface area (Å²) in [5, 5.41) is 10.9. The van der Waals surface area contributed by atoms with E-state index in [-0.39, 0.29) is 23.2 Å². The zero-order valence-electron chi connectivity index (χ0n) is 20.3. The van der Waals surface area contributed by atoms with Gasteiger partial charge in [0, 0.05) is 30.8 Å². The first-order valence-electron chi connectivity index (χ1n) is 12.0. The monoisotopic (exact) mass is 521 g/mol. The van der Waals surface area contributed by atoms with Crippen LogP contribution in [0.25, 0.3) is 0 Å². The molecule has 37 heavy (non-hydrogen) atoms. The van der Waals surface area contributed by atoms with Crippen molar-refractivity contribution in [3.63, 3.8) is 0 Å². The summed E-state index contributed by atoms with van der Waals surface area (Å²) in [5.41, 5.74) is 3.05. The number of ether oxygens (including phenoxy) is 2. The minimum atomic E-state index is -3.92. The van der Waals surface area contributed by atoms with Gasteiger partial charge in [0.25, 0.3) is 15.7 Å². The maximum Gasteiger partial charge on any atom is 0.269 e. The molecule has 2 aliphatic heterocycles. The smallest absolute Gasteiger partial charge is 0.269 e. The Morgan fingerprint density at radius 2 is 1.70 bits per heavy atom. The second kappa shape index (κ2) is 10.3. The molecule has 1 fully saturated rings. The van der Waals surface area contributed by atoms with Crippen LogP contribution in [0.2, 0.25) is 0 Å². The van der Waals surface area contributed by atoms with Gasteiger partial charge in [-0.2, -0.15) is 0 Å². The molecule has 192 valence electrons. The molecular weight excluding hydrogens is 494 g/mol. The molecule has 0 N–H and O–H groups in total. The molecule has 0 aromatic heterocycles. The van der Waals surface area contributed by atoms with Crippen molar-refractivity contribution in [3.05, 3.63) is 106 Å². The lowest BCUT2D eigenvalue weighted by Crippen LogP contribution is -2.41. The predicted octanol–water partition coefficient (Wildman–Crippen LogP) is 4.45. The minimum Gasteiger partial charge on any atom is -0.489 e. The Morgan fingerprint density at radius 1 is 1.03 bits per heavy atom. The Balaban J connectivity index is 1.54. The van der Waals surface area contributed by atoms with Gasteiger partial charge in [0.05, 0.1) is 40.5 Å². The molecule has 9 nitrogen and oxygen atoms in total. The summed E-state index contributed by atoms with van der Waals surface area (Å²) >= 11 is 0.